The highest BCUT2D eigenvalue weighted by atomic mass is 19.2. The number of aryl methyl sites for hydroxylation is 1. The number of anilines is 1. The number of nitrogens with one attached hydrogen (secondary N) is 1. The molecule has 35 heavy (non-hydrogen) atoms. The second kappa shape index (κ2) is 9.37. The zero-order valence-corrected chi connectivity index (χ0v) is 20.5. The van der Waals surface area contributed by atoms with Gasteiger partial charge in [-0.15, -0.1) is 5.10 Å². The number of fused-ring (bicyclic) bond motifs is 3. The van der Waals surface area contributed by atoms with Crippen LogP contribution in [0.25, 0.3) is 0 Å². The van der Waals surface area contributed by atoms with Crippen LogP contribution in [0.5, 0.6) is 0 Å². The molecule has 2 unspecified atom stereocenters. The Morgan fingerprint density at radius 2 is 1.77 bits per heavy atom. The molecule has 0 amide bonds. The van der Waals surface area contributed by atoms with E-state index in [0.717, 1.165) is 31.7 Å². The summed E-state index contributed by atoms with van der Waals surface area (Å²) in [4.78, 5) is 6.71. The number of hydrogen-bond donors (Lipinski definition) is 2. The van der Waals surface area contributed by atoms with Crippen molar-refractivity contribution < 1.29 is 23.0 Å². The van der Waals surface area contributed by atoms with Gasteiger partial charge in [-0.25, -0.2) is 17.9 Å². The van der Waals surface area contributed by atoms with Gasteiger partial charge in [-0.1, -0.05) is 12.5 Å². The standard InChI is InChI=1S/C25H34F3N5O2/c1-25(2,3)35-24(34)32-12-14-7-8-15(13-32)21(14)29-23-30-22-17(6-4-5-11-33(22)31-23)16-9-10-18(26)20(28)19(16)27/h9-10,14-15,17,21,24,34H,4-8,11-13H2,1-3H3,(H,29,31)/t14-,15+,17?,21-,24?. The van der Waals surface area contributed by atoms with Crippen LogP contribution in [0.4, 0.5) is 19.1 Å². The average molecular weight is 494 g/mol. The maximum atomic E-state index is 14.6. The lowest BCUT2D eigenvalue weighted by atomic mass is 9.92. The van der Waals surface area contributed by atoms with Gasteiger partial charge in [0.2, 0.25) is 12.4 Å². The summed E-state index contributed by atoms with van der Waals surface area (Å²) in [6, 6.07) is 2.46. The Hall–Kier alpha value is -2.17. The Bertz CT molecular complexity index is 1060. The third-order valence-corrected chi connectivity index (χ3v) is 7.49. The van der Waals surface area contributed by atoms with E-state index in [9.17, 15) is 18.3 Å². The van der Waals surface area contributed by atoms with E-state index in [2.05, 4.69) is 10.4 Å². The van der Waals surface area contributed by atoms with E-state index in [1.165, 1.54) is 6.07 Å². The van der Waals surface area contributed by atoms with E-state index in [1.54, 1.807) is 4.68 Å². The summed E-state index contributed by atoms with van der Waals surface area (Å²) in [7, 11) is 0. The molecule has 192 valence electrons. The number of rotatable bonds is 5. The van der Waals surface area contributed by atoms with Gasteiger partial charge in [0.1, 0.15) is 5.82 Å². The maximum Gasteiger partial charge on any atom is 0.242 e. The summed E-state index contributed by atoms with van der Waals surface area (Å²) in [5.74, 6) is -2.59. The number of piperidine rings is 1. The normalized spacial score (nSPS) is 28.0. The smallest absolute Gasteiger partial charge is 0.242 e. The van der Waals surface area contributed by atoms with Crippen molar-refractivity contribution in [2.45, 2.75) is 83.4 Å². The highest BCUT2D eigenvalue weighted by Crippen LogP contribution is 2.40. The Balaban J connectivity index is 1.34. The minimum atomic E-state index is -1.45. The molecule has 2 fully saturated rings. The quantitative estimate of drug-likeness (QED) is 0.480. The number of benzene rings is 1. The maximum absolute atomic E-state index is 14.6. The molecule has 1 aromatic carbocycles. The second-order valence-electron chi connectivity index (χ2n) is 11.1. The van der Waals surface area contributed by atoms with Gasteiger partial charge in [-0.3, -0.25) is 4.90 Å². The summed E-state index contributed by atoms with van der Waals surface area (Å²) in [5, 5.41) is 18.7. The van der Waals surface area contributed by atoms with Crippen molar-refractivity contribution >= 4 is 5.95 Å². The average Bonchev–Trinajstić information content (AvgIpc) is 3.19. The molecule has 3 heterocycles. The molecule has 2 aromatic rings. The first-order valence-electron chi connectivity index (χ1n) is 12.6. The van der Waals surface area contributed by atoms with E-state index in [1.807, 2.05) is 25.7 Å². The highest BCUT2D eigenvalue weighted by molar-refractivity contribution is 5.34. The van der Waals surface area contributed by atoms with Gasteiger partial charge in [0.15, 0.2) is 17.5 Å². The second-order valence-corrected chi connectivity index (χ2v) is 11.1. The highest BCUT2D eigenvalue weighted by Gasteiger charge is 2.44. The van der Waals surface area contributed by atoms with Crippen molar-refractivity contribution in [3.05, 3.63) is 41.0 Å². The Kier molecular flexibility index (Phi) is 6.56. The van der Waals surface area contributed by atoms with Gasteiger partial charge in [0, 0.05) is 37.2 Å². The molecule has 5 atom stereocenters. The molecular formula is C25H34F3N5O2. The van der Waals surface area contributed by atoms with E-state index in [4.69, 9.17) is 9.72 Å². The lowest BCUT2D eigenvalue weighted by molar-refractivity contribution is -0.246. The molecule has 0 radical (unpaired) electrons. The molecule has 1 aliphatic carbocycles. The van der Waals surface area contributed by atoms with Crippen LogP contribution in [0, 0.1) is 29.3 Å². The summed E-state index contributed by atoms with van der Waals surface area (Å²) in [5.41, 5.74) is -0.318. The first-order valence-corrected chi connectivity index (χ1v) is 12.6. The summed E-state index contributed by atoms with van der Waals surface area (Å²) in [6.45, 7) is 7.84. The number of likely N-dealkylation sites (tertiary alicyclic amines) is 1. The van der Waals surface area contributed by atoms with Crippen LogP contribution >= 0.6 is 0 Å². The van der Waals surface area contributed by atoms with Crippen LogP contribution in [-0.4, -0.2) is 55.9 Å². The molecule has 2 N–H and O–H groups in total. The molecule has 3 aliphatic rings. The summed E-state index contributed by atoms with van der Waals surface area (Å²) >= 11 is 0. The molecule has 5 rings (SSSR count). The number of halogens is 3. The third kappa shape index (κ3) is 4.93. The van der Waals surface area contributed by atoms with E-state index < -0.39 is 35.4 Å². The Labute approximate surface area is 203 Å². The van der Waals surface area contributed by atoms with Crippen LogP contribution in [0.1, 0.15) is 70.2 Å². The van der Waals surface area contributed by atoms with Crippen molar-refractivity contribution in [3.63, 3.8) is 0 Å². The fraction of sp³-hybridized carbons (Fsp3) is 0.680. The molecule has 7 nitrogen and oxygen atoms in total. The van der Waals surface area contributed by atoms with Crippen molar-refractivity contribution in [2.24, 2.45) is 11.8 Å². The van der Waals surface area contributed by atoms with Gasteiger partial charge in [0.25, 0.3) is 0 Å². The van der Waals surface area contributed by atoms with Gasteiger partial charge in [-0.2, -0.15) is 4.98 Å². The molecule has 1 saturated carbocycles. The number of aliphatic hydroxyl groups is 1. The van der Waals surface area contributed by atoms with E-state index >= 15 is 0 Å². The first-order chi connectivity index (χ1) is 16.6. The Morgan fingerprint density at radius 1 is 1.06 bits per heavy atom. The van der Waals surface area contributed by atoms with E-state index in [-0.39, 0.29) is 11.6 Å². The molecule has 10 heteroatoms. The third-order valence-electron chi connectivity index (χ3n) is 7.49. The zero-order chi connectivity index (χ0) is 24.9. The van der Waals surface area contributed by atoms with Crippen molar-refractivity contribution in [1.82, 2.24) is 19.7 Å². The predicted molar refractivity (Wildman–Crippen MR) is 124 cm³/mol. The molecule has 1 saturated heterocycles. The van der Waals surface area contributed by atoms with Crippen molar-refractivity contribution in [2.75, 3.05) is 18.4 Å². The van der Waals surface area contributed by atoms with Crippen LogP contribution in [-0.2, 0) is 11.3 Å². The number of ether oxygens (including phenoxy) is 1. The molecule has 2 aliphatic heterocycles. The van der Waals surface area contributed by atoms with Gasteiger partial charge in [0.05, 0.1) is 5.60 Å². The fourth-order valence-electron chi connectivity index (χ4n) is 5.90. The number of aromatic nitrogens is 3. The summed E-state index contributed by atoms with van der Waals surface area (Å²) < 4.78 is 49.7. The van der Waals surface area contributed by atoms with Gasteiger partial charge >= 0.3 is 0 Å². The number of aliphatic hydroxyl groups excluding tert-OH is 1. The number of nitrogens with zero attached hydrogens (tertiary/aromatic N) is 4. The minimum absolute atomic E-state index is 0.118. The molecule has 1 aromatic heterocycles. The van der Waals surface area contributed by atoms with Crippen LogP contribution in [0.2, 0.25) is 0 Å². The first kappa shape index (κ1) is 24.5. The lowest BCUT2D eigenvalue weighted by Crippen LogP contribution is -2.53. The van der Waals surface area contributed by atoms with Crippen LogP contribution < -0.4 is 5.32 Å². The largest absolute Gasteiger partial charge is 0.356 e. The summed E-state index contributed by atoms with van der Waals surface area (Å²) in [6.07, 6.45) is 3.41. The minimum Gasteiger partial charge on any atom is -0.356 e. The van der Waals surface area contributed by atoms with E-state index in [0.29, 0.717) is 49.7 Å². The SMILES string of the molecule is CC(C)(C)OC(O)N1C[C@H]2CC[C@@H](C1)[C@@H]2Nc1nc2n(n1)CCCCC2c1ccc(F)c(F)c1F. The predicted octanol–water partition coefficient (Wildman–Crippen LogP) is 4.22. The fourth-order valence-corrected chi connectivity index (χ4v) is 5.90. The van der Waals surface area contributed by atoms with Gasteiger partial charge in [-0.05, 0) is 64.4 Å². The Morgan fingerprint density at radius 3 is 2.46 bits per heavy atom. The number of hydrogen-bond acceptors (Lipinski definition) is 6. The van der Waals surface area contributed by atoms with Crippen LogP contribution in [0.15, 0.2) is 12.1 Å². The van der Waals surface area contributed by atoms with Crippen LogP contribution in [0.3, 0.4) is 0 Å². The molecule has 2 bridgehead atoms. The molecule has 0 spiro atoms. The monoisotopic (exact) mass is 493 g/mol. The topological polar surface area (TPSA) is 75.4 Å². The zero-order valence-electron chi connectivity index (χ0n) is 20.5. The van der Waals surface area contributed by atoms with Crippen molar-refractivity contribution in [1.29, 1.82) is 0 Å². The van der Waals surface area contributed by atoms with Gasteiger partial charge < -0.3 is 15.2 Å². The lowest BCUT2D eigenvalue weighted by Gasteiger charge is -2.41. The van der Waals surface area contributed by atoms with Crippen molar-refractivity contribution in [3.8, 4) is 0 Å². The molecular weight excluding hydrogens is 459 g/mol.